The lowest BCUT2D eigenvalue weighted by atomic mass is 9.73. The summed E-state index contributed by atoms with van der Waals surface area (Å²) < 4.78 is 13.5. The molecule has 0 bridgehead atoms. The van der Waals surface area contributed by atoms with Gasteiger partial charge in [-0.1, -0.05) is 30.9 Å². The van der Waals surface area contributed by atoms with E-state index in [-0.39, 0.29) is 17.1 Å². The largest absolute Gasteiger partial charge is 0.310 e. The van der Waals surface area contributed by atoms with Gasteiger partial charge in [-0.25, -0.2) is 4.39 Å². The van der Waals surface area contributed by atoms with Crippen molar-refractivity contribution in [2.75, 3.05) is 11.4 Å². The first kappa shape index (κ1) is 13.9. The van der Waals surface area contributed by atoms with Gasteiger partial charge < -0.3 is 4.90 Å². The van der Waals surface area contributed by atoms with E-state index in [1.54, 1.807) is 17.9 Å². The van der Waals surface area contributed by atoms with Gasteiger partial charge in [0.2, 0.25) is 5.91 Å². The highest BCUT2D eigenvalue weighted by atomic mass is 35.5. The lowest BCUT2D eigenvalue weighted by Gasteiger charge is -2.31. The summed E-state index contributed by atoms with van der Waals surface area (Å²) in [5, 5.41) is 0.328. The molecule has 1 heterocycles. The van der Waals surface area contributed by atoms with Crippen LogP contribution in [0.4, 0.5) is 10.1 Å². The van der Waals surface area contributed by atoms with Crippen LogP contribution < -0.4 is 4.90 Å². The van der Waals surface area contributed by atoms with E-state index in [9.17, 15) is 9.18 Å². The highest BCUT2D eigenvalue weighted by Gasteiger charge is 2.47. The second-order valence-corrected chi connectivity index (χ2v) is 6.51. The van der Waals surface area contributed by atoms with Crippen LogP contribution in [0.15, 0.2) is 12.1 Å². The van der Waals surface area contributed by atoms with Gasteiger partial charge in [0.15, 0.2) is 0 Å². The average Bonchev–Trinajstić information content (AvgIpc) is 2.73. The summed E-state index contributed by atoms with van der Waals surface area (Å²) in [5.74, 6) is -0.136. The summed E-state index contributed by atoms with van der Waals surface area (Å²) >= 11 is 6.14. The van der Waals surface area contributed by atoms with Crippen molar-refractivity contribution in [2.24, 2.45) is 5.41 Å². The summed E-state index contributed by atoms with van der Waals surface area (Å²) in [6.45, 7) is 2.40. The molecule has 1 amide bonds. The number of nitrogens with zero attached hydrogens (tertiary/aromatic N) is 1. The molecule has 3 rings (SSSR count). The van der Waals surface area contributed by atoms with Gasteiger partial charge in [-0.15, -0.1) is 0 Å². The standard InChI is InChI=1S/C16H19ClFNO/c1-11-9-14(12(17)10-13(11)18)19-8-7-16(15(19)20)5-3-2-4-6-16/h9-10H,2-8H2,1H3. The minimum Gasteiger partial charge on any atom is -0.310 e. The fourth-order valence-electron chi connectivity index (χ4n) is 3.59. The predicted octanol–water partition coefficient (Wildman–Crippen LogP) is 4.47. The summed E-state index contributed by atoms with van der Waals surface area (Å²) in [4.78, 5) is 14.6. The number of halogens is 2. The molecule has 1 saturated carbocycles. The van der Waals surface area contributed by atoms with Gasteiger partial charge in [0.1, 0.15) is 5.82 Å². The molecular weight excluding hydrogens is 277 g/mol. The normalized spacial score (nSPS) is 21.8. The van der Waals surface area contributed by atoms with Gasteiger partial charge in [0.05, 0.1) is 16.1 Å². The number of benzene rings is 1. The second-order valence-electron chi connectivity index (χ2n) is 6.10. The third kappa shape index (κ3) is 2.12. The molecule has 0 atom stereocenters. The molecule has 0 aromatic heterocycles. The van der Waals surface area contributed by atoms with Crippen molar-refractivity contribution >= 4 is 23.2 Å². The van der Waals surface area contributed by atoms with Crippen LogP contribution in [0.3, 0.4) is 0 Å². The molecule has 2 aliphatic rings. The van der Waals surface area contributed by atoms with Gasteiger partial charge in [0.25, 0.3) is 0 Å². The molecule has 4 heteroatoms. The number of amides is 1. The molecule has 0 unspecified atom stereocenters. The molecule has 1 spiro atoms. The van der Waals surface area contributed by atoms with Crippen LogP contribution in [0.2, 0.25) is 5.02 Å². The summed E-state index contributed by atoms with van der Waals surface area (Å²) in [6, 6.07) is 3.00. The average molecular weight is 296 g/mol. The lowest BCUT2D eigenvalue weighted by Crippen LogP contribution is -2.36. The second kappa shape index (κ2) is 5.03. The van der Waals surface area contributed by atoms with E-state index in [0.29, 0.717) is 22.8 Å². The molecule has 108 valence electrons. The predicted molar refractivity (Wildman–Crippen MR) is 78.6 cm³/mol. The molecule has 1 saturated heterocycles. The Hall–Kier alpha value is -1.09. The number of carbonyl (C=O) groups excluding carboxylic acids is 1. The molecular formula is C16H19ClFNO. The number of hydrogen-bond donors (Lipinski definition) is 0. The number of aryl methyl sites for hydroxylation is 1. The van der Waals surface area contributed by atoms with E-state index >= 15 is 0 Å². The number of carbonyl (C=O) groups is 1. The highest BCUT2D eigenvalue weighted by Crippen LogP contribution is 2.47. The molecule has 1 aromatic carbocycles. The van der Waals surface area contributed by atoms with Crippen LogP contribution in [-0.2, 0) is 4.79 Å². The zero-order chi connectivity index (χ0) is 14.3. The Morgan fingerprint density at radius 1 is 1.20 bits per heavy atom. The molecule has 2 fully saturated rings. The van der Waals surface area contributed by atoms with Crippen LogP contribution in [-0.4, -0.2) is 12.5 Å². The van der Waals surface area contributed by atoms with Gasteiger partial charge in [-0.3, -0.25) is 4.79 Å². The Bertz CT molecular complexity index is 552. The fourth-order valence-corrected chi connectivity index (χ4v) is 3.84. The lowest BCUT2D eigenvalue weighted by molar-refractivity contribution is -0.127. The Kier molecular flexibility index (Phi) is 3.49. The van der Waals surface area contributed by atoms with Crippen molar-refractivity contribution in [3.63, 3.8) is 0 Å². The van der Waals surface area contributed by atoms with Gasteiger partial charge in [0, 0.05) is 6.54 Å². The van der Waals surface area contributed by atoms with Crippen LogP contribution >= 0.6 is 11.6 Å². The molecule has 1 aromatic rings. The zero-order valence-corrected chi connectivity index (χ0v) is 12.5. The van der Waals surface area contributed by atoms with Gasteiger partial charge in [-0.05, 0) is 43.9 Å². The maximum absolute atomic E-state index is 13.5. The maximum Gasteiger partial charge on any atom is 0.233 e. The van der Waals surface area contributed by atoms with E-state index in [1.807, 2.05) is 0 Å². The summed E-state index contributed by atoms with van der Waals surface area (Å²) in [5.41, 5.74) is 1.02. The Morgan fingerprint density at radius 3 is 2.60 bits per heavy atom. The van der Waals surface area contributed by atoms with Gasteiger partial charge >= 0.3 is 0 Å². The van der Waals surface area contributed by atoms with Crippen molar-refractivity contribution in [2.45, 2.75) is 45.4 Å². The Labute approximate surface area is 123 Å². The summed E-state index contributed by atoms with van der Waals surface area (Å²) in [6.07, 6.45) is 6.37. The number of anilines is 1. The summed E-state index contributed by atoms with van der Waals surface area (Å²) in [7, 11) is 0. The smallest absolute Gasteiger partial charge is 0.233 e. The number of hydrogen-bond acceptors (Lipinski definition) is 1. The molecule has 0 N–H and O–H groups in total. The highest BCUT2D eigenvalue weighted by molar-refractivity contribution is 6.34. The SMILES string of the molecule is Cc1cc(N2CCC3(CCCCC3)C2=O)c(Cl)cc1F. The van der Waals surface area contributed by atoms with E-state index in [2.05, 4.69) is 0 Å². The first-order valence-electron chi connectivity index (χ1n) is 7.31. The third-order valence-electron chi connectivity index (χ3n) is 4.84. The molecule has 0 radical (unpaired) electrons. The van der Waals surface area contributed by atoms with Crippen LogP contribution in [0.5, 0.6) is 0 Å². The number of rotatable bonds is 1. The third-order valence-corrected chi connectivity index (χ3v) is 5.15. The first-order valence-corrected chi connectivity index (χ1v) is 7.69. The Balaban J connectivity index is 1.93. The van der Waals surface area contributed by atoms with Crippen LogP contribution in [0.25, 0.3) is 0 Å². The fraction of sp³-hybridized carbons (Fsp3) is 0.562. The minimum atomic E-state index is -0.322. The van der Waals surface area contributed by atoms with E-state index in [1.165, 1.54) is 12.5 Å². The van der Waals surface area contributed by atoms with Crippen molar-refractivity contribution in [1.82, 2.24) is 0 Å². The maximum atomic E-state index is 13.5. The quantitative estimate of drug-likeness (QED) is 0.748. The van der Waals surface area contributed by atoms with Gasteiger partial charge in [-0.2, -0.15) is 0 Å². The Morgan fingerprint density at radius 2 is 1.90 bits per heavy atom. The van der Waals surface area contributed by atoms with E-state index in [0.717, 1.165) is 32.1 Å². The minimum absolute atomic E-state index is 0.177. The van der Waals surface area contributed by atoms with E-state index in [4.69, 9.17) is 11.6 Å². The molecule has 2 nitrogen and oxygen atoms in total. The topological polar surface area (TPSA) is 20.3 Å². The van der Waals surface area contributed by atoms with Crippen LogP contribution in [0, 0.1) is 18.2 Å². The van der Waals surface area contributed by atoms with E-state index < -0.39 is 0 Å². The van der Waals surface area contributed by atoms with Crippen molar-refractivity contribution in [3.05, 3.63) is 28.5 Å². The van der Waals surface area contributed by atoms with Crippen molar-refractivity contribution in [1.29, 1.82) is 0 Å². The molecule has 20 heavy (non-hydrogen) atoms. The van der Waals surface area contributed by atoms with Crippen LogP contribution in [0.1, 0.15) is 44.1 Å². The molecule has 1 aliphatic heterocycles. The zero-order valence-electron chi connectivity index (χ0n) is 11.7. The van der Waals surface area contributed by atoms with Crippen molar-refractivity contribution in [3.8, 4) is 0 Å². The van der Waals surface area contributed by atoms with Crippen molar-refractivity contribution < 1.29 is 9.18 Å². The monoisotopic (exact) mass is 295 g/mol. The first-order chi connectivity index (χ1) is 9.53. The molecule has 1 aliphatic carbocycles.